The van der Waals surface area contributed by atoms with Gasteiger partial charge in [-0.3, -0.25) is 9.59 Å². The molecule has 0 aromatic heterocycles. The van der Waals surface area contributed by atoms with Crippen LogP contribution >= 0.6 is 15.9 Å². The minimum absolute atomic E-state index is 0.0000231. The number of imide groups is 1. The number of halogens is 1. The zero-order valence-corrected chi connectivity index (χ0v) is 12.9. The van der Waals surface area contributed by atoms with Gasteiger partial charge in [0, 0.05) is 4.47 Å². The van der Waals surface area contributed by atoms with Crippen molar-refractivity contribution in [2.75, 3.05) is 4.90 Å². The Balaban J connectivity index is 1.61. The molecule has 3 fully saturated rings. The summed E-state index contributed by atoms with van der Waals surface area (Å²) in [6, 6.07) is 7.47. The molecule has 106 valence electrons. The Labute approximate surface area is 131 Å². The van der Waals surface area contributed by atoms with Crippen molar-refractivity contribution in [3.05, 3.63) is 40.9 Å². The zero-order chi connectivity index (χ0) is 14.4. The van der Waals surface area contributed by atoms with Gasteiger partial charge in [-0.1, -0.05) is 24.3 Å². The minimum Gasteiger partial charge on any atom is -0.274 e. The molecule has 1 spiro atoms. The molecule has 2 amide bonds. The van der Waals surface area contributed by atoms with Crippen molar-refractivity contribution in [1.29, 1.82) is 0 Å². The van der Waals surface area contributed by atoms with Crippen LogP contribution in [0.3, 0.4) is 0 Å². The van der Waals surface area contributed by atoms with Gasteiger partial charge in [0.1, 0.15) is 0 Å². The molecule has 3 nitrogen and oxygen atoms in total. The van der Waals surface area contributed by atoms with E-state index in [0.717, 1.165) is 4.47 Å². The molecule has 1 heterocycles. The van der Waals surface area contributed by atoms with Gasteiger partial charge in [0.25, 0.3) is 0 Å². The van der Waals surface area contributed by atoms with E-state index in [4.69, 9.17) is 0 Å². The van der Waals surface area contributed by atoms with Crippen LogP contribution in [0.4, 0.5) is 5.69 Å². The smallest absolute Gasteiger partial charge is 0.238 e. The van der Waals surface area contributed by atoms with Crippen molar-refractivity contribution in [2.45, 2.75) is 12.8 Å². The van der Waals surface area contributed by atoms with Gasteiger partial charge in [-0.25, -0.2) is 4.90 Å². The van der Waals surface area contributed by atoms with Crippen molar-refractivity contribution >= 4 is 33.4 Å². The third kappa shape index (κ3) is 1.26. The molecule has 5 rings (SSSR count). The lowest BCUT2D eigenvalue weighted by Gasteiger charge is -2.22. The lowest BCUT2D eigenvalue weighted by molar-refractivity contribution is -0.123. The highest BCUT2D eigenvalue weighted by molar-refractivity contribution is 9.10. The highest BCUT2D eigenvalue weighted by atomic mass is 79.9. The van der Waals surface area contributed by atoms with Gasteiger partial charge in [0.2, 0.25) is 11.8 Å². The Morgan fingerprint density at radius 1 is 1.00 bits per heavy atom. The van der Waals surface area contributed by atoms with Gasteiger partial charge in [0.15, 0.2) is 0 Å². The second kappa shape index (κ2) is 3.67. The van der Waals surface area contributed by atoms with E-state index in [9.17, 15) is 9.59 Å². The number of anilines is 1. The zero-order valence-electron chi connectivity index (χ0n) is 11.3. The van der Waals surface area contributed by atoms with Crippen LogP contribution in [-0.2, 0) is 9.59 Å². The second-order valence-electron chi connectivity index (χ2n) is 6.68. The van der Waals surface area contributed by atoms with Gasteiger partial charge >= 0.3 is 0 Å². The predicted octanol–water partition coefficient (Wildman–Crippen LogP) is 3.15. The van der Waals surface area contributed by atoms with Crippen LogP contribution < -0.4 is 4.90 Å². The maximum absolute atomic E-state index is 12.9. The van der Waals surface area contributed by atoms with Crippen LogP contribution in [-0.4, -0.2) is 11.8 Å². The molecule has 4 heteroatoms. The van der Waals surface area contributed by atoms with E-state index in [1.807, 2.05) is 24.3 Å². The number of carbonyl (C=O) groups is 2. The number of hydrogen-bond acceptors (Lipinski definition) is 2. The van der Waals surface area contributed by atoms with E-state index < -0.39 is 0 Å². The van der Waals surface area contributed by atoms with Gasteiger partial charge in [-0.05, 0) is 58.2 Å². The SMILES string of the molecule is O=C1[C@@H]2[C@@H](C(=O)N1c1ccccc1Br)[C@H]1C=C[C@H]2C12CC2. The second-order valence-corrected chi connectivity index (χ2v) is 7.54. The number of hydrogen-bond donors (Lipinski definition) is 0. The highest BCUT2D eigenvalue weighted by Crippen LogP contribution is 2.73. The Kier molecular flexibility index (Phi) is 2.12. The number of carbonyl (C=O) groups excluding carboxylic acids is 2. The minimum atomic E-state index is -0.123. The van der Waals surface area contributed by atoms with Crippen LogP contribution in [0.1, 0.15) is 12.8 Å². The molecule has 2 saturated carbocycles. The first-order valence-electron chi connectivity index (χ1n) is 7.46. The van der Waals surface area contributed by atoms with E-state index in [-0.39, 0.29) is 40.9 Å². The summed E-state index contributed by atoms with van der Waals surface area (Å²) in [5, 5.41) is 0. The lowest BCUT2D eigenvalue weighted by atomic mass is 9.85. The normalized spacial score (nSPS) is 37.7. The van der Waals surface area contributed by atoms with Crippen LogP contribution in [0.15, 0.2) is 40.9 Å². The van der Waals surface area contributed by atoms with E-state index in [1.54, 1.807) is 0 Å². The number of rotatable bonds is 1. The third-order valence-electron chi connectivity index (χ3n) is 5.95. The maximum atomic E-state index is 12.9. The molecule has 21 heavy (non-hydrogen) atoms. The Bertz CT molecular complexity index is 687. The summed E-state index contributed by atoms with van der Waals surface area (Å²) in [6.45, 7) is 0. The molecule has 3 aliphatic carbocycles. The molecule has 1 aliphatic heterocycles. The predicted molar refractivity (Wildman–Crippen MR) is 81.4 cm³/mol. The molecule has 1 aromatic carbocycles. The first-order valence-corrected chi connectivity index (χ1v) is 8.25. The molecule has 1 saturated heterocycles. The van der Waals surface area contributed by atoms with Crippen LogP contribution in [0.25, 0.3) is 0 Å². The Morgan fingerprint density at radius 2 is 1.57 bits per heavy atom. The summed E-state index contributed by atoms with van der Waals surface area (Å²) in [7, 11) is 0. The summed E-state index contributed by atoms with van der Waals surface area (Å²) >= 11 is 3.46. The summed E-state index contributed by atoms with van der Waals surface area (Å²) in [4.78, 5) is 27.2. The summed E-state index contributed by atoms with van der Waals surface area (Å²) in [5.74, 6) is 0.331. The van der Waals surface area contributed by atoms with Crippen LogP contribution in [0.5, 0.6) is 0 Å². The van der Waals surface area contributed by atoms with Crippen molar-refractivity contribution in [1.82, 2.24) is 0 Å². The first-order chi connectivity index (χ1) is 10.1. The van der Waals surface area contributed by atoms with E-state index in [0.29, 0.717) is 5.69 Å². The van der Waals surface area contributed by atoms with Gasteiger partial charge in [-0.15, -0.1) is 0 Å². The fourth-order valence-corrected chi connectivity index (χ4v) is 5.41. The van der Waals surface area contributed by atoms with E-state index >= 15 is 0 Å². The maximum Gasteiger partial charge on any atom is 0.238 e. The number of allylic oxidation sites excluding steroid dienone is 2. The Morgan fingerprint density at radius 3 is 2.10 bits per heavy atom. The van der Waals surface area contributed by atoms with Gasteiger partial charge in [0.05, 0.1) is 17.5 Å². The van der Waals surface area contributed by atoms with Crippen LogP contribution in [0, 0.1) is 29.1 Å². The number of benzene rings is 1. The first kappa shape index (κ1) is 12.2. The standard InChI is InChI=1S/C17H14BrNO2/c18-11-3-1-2-4-12(11)19-15(20)13-9-5-6-10(14(13)16(19)21)17(9)7-8-17/h1-6,9-10,13-14H,7-8H2/t9-,10-,13+,14+/m1/s1. The molecular formula is C17H14BrNO2. The third-order valence-corrected chi connectivity index (χ3v) is 6.62. The topological polar surface area (TPSA) is 37.4 Å². The van der Waals surface area contributed by atoms with Crippen molar-refractivity contribution in [3.8, 4) is 0 Å². The molecular weight excluding hydrogens is 330 g/mol. The quantitative estimate of drug-likeness (QED) is 0.580. The van der Waals surface area contributed by atoms with Crippen molar-refractivity contribution in [2.24, 2.45) is 29.1 Å². The van der Waals surface area contributed by atoms with E-state index in [2.05, 4.69) is 28.1 Å². The number of para-hydroxylation sites is 1. The average molecular weight is 344 g/mol. The highest BCUT2D eigenvalue weighted by Gasteiger charge is 2.73. The molecule has 4 aliphatic rings. The summed E-state index contributed by atoms with van der Waals surface area (Å²) in [5.41, 5.74) is 0.951. The largest absolute Gasteiger partial charge is 0.274 e. The lowest BCUT2D eigenvalue weighted by Crippen LogP contribution is -2.34. The van der Waals surface area contributed by atoms with Crippen molar-refractivity contribution < 1.29 is 9.59 Å². The molecule has 0 unspecified atom stereocenters. The molecule has 2 bridgehead atoms. The molecule has 0 N–H and O–H groups in total. The molecule has 1 aromatic rings. The fraction of sp³-hybridized carbons (Fsp3) is 0.412. The number of amides is 2. The summed E-state index contributed by atoms with van der Waals surface area (Å²) < 4.78 is 0.799. The van der Waals surface area contributed by atoms with Gasteiger partial charge in [-0.2, -0.15) is 0 Å². The monoisotopic (exact) mass is 343 g/mol. The number of fused-ring (bicyclic) bond motifs is 3. The van der Waals surface area contributed by atoms with Crippen molar-refractivity contribution in [3.63, 3.8) is 0 Å². The molecule has 4 atom stereocenters. The summed E-state index contributed by atoms with van der Waals surface area (Å²) in [6.07, 6.45) is 6.76. The molecule has 0 radical (unpaired) electrons. The van der Waals surface area contributed by atoms with Crippen LogP contribution in [0.2, 0.25) is 0 Å². The average Bonchev–Trinajstić information content (AvgIpc) is 3.07. The van der Waals surface area contributed by atoms with Gasteiger partial charge < -0.3 is 0 Å². The van der Waals surface area contributed by atoms with E-state index in [1.165, 1.54) is 17.7 Å². The fourth-order valence-electron chi connectivity index (χ4n) is 4.95. The number of nitrogens with zero attached hydrogens (tertiary/aromatic N) is 1. The Hall–Kier alpha value is -1.42.